The maximum absolute atomic E-state index is 12.2. The Morgan fingerprint density at radius 2 is 1.95 bits per heavy atom. The first-order valence-electron chi connectivity index (χ1n) is 6.16. The monoisotopic (exact) mass is 302 g/mol. The van der Waals surface area contributed by atoms with Crippen molar-refractivity contribution in [3.63, 3.8) is 0 Å². The fourth-order valence-corrected chi connectivity index (χ4v) is 3.36. The molecule has 0 amide bonds. The van der Waals surface area contributed by atoms with E-state index in [1.54, 1.807) is 0 Å². The van der Waals surface area contributed by atoms with Gasteiger partial charge in [-0.15, -0.1) is 0 Å². The zero-order chi connectivity index (χ0) is 15.3. The number of hydrogen-bond donors (Lipinski definition) is 2. The second-order valence-corrected chi connectivity index (χ2v) is 6.39. The summed E-state index contributed by atoms with van der Waals surface area (Å²) in [5.41, 5.74) is -0.466. The quantitative estimate of drug-likeness (QED) is 0.582. The van der Waals surface area contributed by atoms with Gasteiger partial charge in [0.05, 0.1) is 4.92 Å². The van der Waals surface area contributed by atoms with Crippen LogP contribution in [0.4, 0.5) is 5.69 Å². The maximum Gasteiger partial charge on any atom is 0.289 e. The summed E-state index contributed by atoms with van der Waals surface area (Å²) in [4.78, 5) is 9.79. The lowest BCUT2D eigenvalue weighted by Gasteiger charge is -2.21. The molecule has 0 heterocycles. The van der Waals surface area contributed by atoms with Gasteiger partial charge in [0.2, 0.25) is 10.0 Å². The molecule has 0 saturated heterocycles. The zero-order valence-electron chi connectivity index (χ0n) is 11.3. The first-order chi connectivity index (χ1) is 9.29. The number of aliphatic hydroxyl groups is 1. The van der Waals surface area contributed by atoms with Crippen LogP contribution in [0.3, 0.4) is 0 Å². The van der Waals surface area contributed by atoms with E-state index < -0.39 is 26.7 Å². The summed E-state index contributed by atoms with van der Waals surface area (Å²) in [6, 6.07) is 4.69. The number of nitro groups is 1. The summed E-state index contributed by atoms with van der Waals surface area (Å²) in [5, 5.41) is 19.8. The van der Waals surface area contributed by atoms with E-state index in [-0.39, 0.29) is 23.8 Å². The first-order valence-corrected chi connectivity index (χ1v) is 7.64. The Morgan fingerprint density at radius 3 is 2.45 bits per heavy atom. The van der Waals surface area contributed by atoms with Crippen molar-refractivity contribution in [3.8, 4) is 0 Å². The van der Waals surface area contributed by atoms with Gasteiger partial charge in [-0.1, -0.05) is 26.0 Å². The van der Waals surface area contributed by atoms with E-state index in [0.717, 1.165) is 6.07 Å². The standard InChI is InChI=1S/C12H18N2O5S/c1-9(2)10(7-8-15)13-20(18,19)12-6-4-3-5-11(12)14(16)17/h3-6,9-10,13,15H,7-8H2,1-2H3. The van der Waals surface area contributed by atoms with Gasteiger partial charge in [-0.2, -0.15) is 0 Å². The molecule has 1 unspecified atom stereocenters. The summed E-state index contributed by atoms with van der Waals surface area (Å²) >= 11 is 0. The smallest absolute Gasteiger partial charge is 0.289 e. The third-order valence-corrected chi connectivity index (χ3v) is 4.44. The van der Waals surface area contributed by atoms with Crippen molar-refractivity contribution in [2.45, 2.75) is 31.2 Å². The van der Waals surface area contributed by atoms with Gasteiger partial charge in [0.25, 0.3) is 5.69 Å². The second kappa shape index (κ2) is 6.78. The topological polar surface area (TPSA) is 110 Å². The number of nitrogens with one attached hydrogen (secondary N) is 1. The first kappa shape index (κ1) is 16.5. The highest BCUT2D eigenvalue weighted by atomic mass is 32.2. The normalized spacial score (nSPS) is 13.4. The van der Waals surface area contributed by atoms with Crippen molar-refractivity contribution in [2.75, 3.05) is 6.61 Å². The lowest BCUT2D eigenvalue weighted by Crippen LogP contribution is -2.39. The zero-order valence-corrected chi connectivity index (χ0v) is 12.1. The SMILES string of the molecule is CC(C)C(CCO)NS(=O)(=O)c1ccccc1[N+](=O)[O-]. The van der Waals surface area contributed by atoms with Crippen LogP contribution < -0.4 is 4.72 Å². The molecule has 7 nitrogen and oxygen atoms in total. The van der Waals surface area contributed by atoms with Crippen molar-refractivity contribution in [3.05, 3.63) is 34.4 Å². The molecule has 8 heteroatoms. The van der Waals surface area contributed by atoms with Crippen LogP contribution in [0.5, 0.6) is 0 Å². The van der Waals surface area contributed by atoms with E-state index in [0.29, 0.717) is 0 Å². The highest BCUT2D eigenvalue weighted by Gasteiger charge is 2.28. The van der Waals surface area contributed by atoms with Gasteiger partial charge in [0, 0.05) is 18.7 Å². The number of benzene rings is 1. The van der Waals surface area contributed by atoms with Crippen LogP contribution in [0.15, 0.2) is 29.2 Å². The Bertz CT molecular complexity index is 571. The Labute approximate surface area is 117 Å². The third kappa shape index (κ3) is 3.99. The average molecular weight is 302 g/mol. The van der Waals surface area contributed by atoms with Gasteiger partial charge in [-0.3, -0.25) is 10.1 Å². The molecule has 1 rings (SSSR count). The molecule has 0 aliphatic rings. The maximum atomic E-state index is 12.2. The van der Waals surface area contributed by atoms with Crippen molar-refractivity contribution >= 4 is 15.7 Å². The Balaban J connectivity index is 3.14. The average Bonchev–Trinajstić information content (AvgIpc) is 2.38. The number of rotatable bonds is 7. The summed E-state index contributed by atoms with van der Waals surface area (Å²) in [6.45, 7) is 3.45. The van der Waals surface area contributed by atoms with Crippen LogP contribution >= 0.6 is 0 Å². The molecule has 0 spiro atoms. The van der Waals surface area contributed by atoms with Gasteiger partial charge in [-0.25, -0.2) is 13.1 Å². The summed E-state index contributed by atoms with van der Waals surface area (Å²) in [7, 11) is -4.01. The van der Waals surface area contributed by atoms with Crippen molar-refractivity contribution in [1.29, 1.82) is 0 Å². The van der Waals surface area contributed by atoms with E-state index in [4.69, 9.17) is 5.11 Å². The molecule has 112 valence electrons. The Kier molecular flexibility index (Phi) is 5.61. The van der Waals surface area contributed by atoms with Gasteiger partial charge < -0.3 is 5.11 Å². The molecule has 0 aliphatic carbocycles. The number of nitrogens with zero attached hydrogens (tertiary/aromatic N) is 1. The third-order valence-electron chi connectivity index (χ3n) is 2.90. The number of sulfonamides is 1. The largest absolute Gasteiger partial charge is 0.396 e. The molecule has 0 saturated carbocycles. The van der Waals surface area contributed by atoms with E-state index in [1.165, 1.54) is 18.2 Å². The van der Waals surface area contributed by atoms with Crippen LogP contribution in [0.1, 0.15) is 20.3 Å². The van der Waals surface area contributed by atoms with E-state index >= 15 is 0 Å². The number of para-hydroxylation sites is 1. The van der Waals surface area contributed by atoms with Crippen LogP contribution in [0.2, 0.25) is 0 Å². The highest BCUT2D eigenvalue weighted by Crippen LogP contribution is 2.23. The molecule has 1 aromatic rings. The van der Waals surface area contributed by atoms with Gasteiger partial charge in [0.1, 0.15) is 0 Å². The van der Waals surface area contributed by atoms with Crippen molar-refractivity contribution in [2.24, 2.45) is 5.92 Å². The molecule has 1 aromatic carbocycles. The predicted molar refractivity (Wildman–Crippen MR) is 73.7 cm³/mol. The Hall–Kier alpha value is -1.51. The molecule has 0 aromatic heterocycles. The van der Waals surface area contributed by atoms with Crippen molar-refractivity contribution < 1.29 is 18.4 Å². The lowest BCUT2D eigenvalue weighted by molar-refractivity contribution is -0.387. The molecule has 1 atom stereocenters. The second-order valence-electron chi connectivity index (χ2n) is 4.71. The van der Waals surface area contributed by atoms with Crippen LogP contribution in [0, 0.1) is 16.0 Å². The van der Waals surface area contributed by atoms with Crippen LogP contribution in [0.25, 0.3) is 0 Å². The number of aliphatic hydroxyl groups excluding tert-OH is 1. The van der Waals surface area contributed by atoms with E-state index in [1.807, 2.05) is 13.8 Å². The minimum Gasteiger partial charge on any atom is -0.396 e. The number of hydrogen-bond acceptors (Lipinski definition) is 5. The molecule has 0 radical (unpaired) electrons. The van der Waals surface area contributed by atoms with E-state index in [9.17, 15) is 18.5 Å². The molecular weight excluding hydrogens is 284 g/mol. The van der Waals surface area contributed by atoms with Gasteiger partial charge >= 0.3 is 0 Å². The molecule has 0 aliphatic heterocycles. The molecule has 20 heavy (non-hydrogen) atoms. The van der Waals surface area contributed by atoms with Gasteiger partial charge in [0.15, 0.2) is 4.90 Å². The minimum atomic E-state index is -4.01. The lowest BCUT2D eigenvalue weighted by atomic mass is 10.0. The summed E-state index contributed by atoms with van der Waals surface area (Å²) in [5.74, 6) is -0.0420. The molecular formula is C12H18N2O5S. The fraction of sp³-hybridized carbons (Fsp3) is 0.500. The van der Waals surface area contributed by atoms with Crippen molar-refractivity contribution in [1.82, 2.24) is 4.72 Å². The summed E-state index contributed by atoms with van der Waals surface area (Å²) in [6.07, 6.45) is 0.248. The summed E-state index contributed by atoms with van der Waals surface area (Å²) < 4.78 is 26.9. The fourth-order valence-electron chi connectivity index (χ4n) is 1.77. The number of nitro benzene ring substituents is 1. The van der Waals surface area contributed by atoms with E-state index in [2.05, 4.69) is 4.72 Å². The molecule has 0 fully saturated rings. The van der Waals surface area contributed by atoms with Gasteiger partial charge in [-0.05, 0) is 18.4 Å². The van der Waals surface area contributed by atoms with Crippen LogP contribution in [-0.2, 0) is 10.0 Å². The van der Waals surface area contributed by atoms with Crippen LogP contribution in [-0.4, -0.2) is 31.1 Å². The molecule has 0 bridgehead atoms. The Morgan fingerprint density at radius 1 is 1.35 bits per heavy atom. The minimum absolute atomic E-state index is 0.0420. The predicted octanol–water partition coefficient (Wildman–Crippen LogP) is 1.28. The molecule has 2 N–H and O–H groups in total. The highest BCUT2D eigenvalue weighted by molar-refractivity contribution is 7.89.